The molecule has 1 saturated heterocycles. The predicted octanol–water partition coefficient (Wildman–Crippen LogP) is 1.89. The maximum Gasteiger partial charge on any atom is 0.317 e. The molecule has 0 bridgehead atoms. The number of nitrogens with zero attached hydrogens (tertiary/aromatic N) is 4. The number of carbonyl (C=O) groups is 1. The number of aromatic nitrogens is 2. The molecule has 1 aliphatic heterocycles. The zero-order chi connectivity index (χ0) is 16.1. The molecule has 0 radical (unpaired) electrons. The molecule has 6 heteroatoms. The SMILES string of the molecule is C=CCNC(=O)N(C)C1CCN(c2cc(C)nc(C)n2)CC1. The minimum absolute atomic E-state index is 0.0351. The third-order valence-electron chi connectivity index (χ3n) is 4.01. The molecule has 120 valence electrons. The van der Waals surface area contributed by atoms with E-state index in [-0.39, 0.29) is 12.1 Å². The van der Waals surface area contributed by atoms with Crippen molar-refractivity contribution in [2.45, 2.75) is 32.7 Å². The van der Waals surface area contributed by atoms with Gasteiger partial charge in [0.15, 0.2) is 0 Å². The Kier molecular flexibility index (Phi) is 5.35. The Balaban J connectivity index is 1.92. The number of amides is 2. The fourth-order valence-corrected chi connectivity index (χ4v) is 2.79. The predicted molar refractivity (Wildman–Crippen MR) is 88.1 cm³/mol. The highest BCUT2D eigenvalue weighted by Crippen LogP contribution is 2.21. The number of hydrogen-bond acceptors (Lipinski definition) is 4. The van der Waals surface area contributed by atoms with Crippen molar-refractivity contribution in [3.05, 3.63) is 30.2 Å². The highest BCUT2D eigenvalue weighted by molar-refractivity contribution is 5.74. The Hall–Kier alpha value is -2.11. The Morgan fingerprint density at radius 2 is 2.14 bits per heavy atom. The quantitative estimate of drug-likeness (QED) is 0.863. The number of carbonyl (C=O) groups excluding carboxylic acids is 1. The second kappa shape index (κ2) is 7.24. The standard InChI is InChI=1S/C16H25N5O/c1-5-8-17-16(22)20(4)14-6-9-21(10-7-14)15-11-12(2)18-13(3)19-15/h5,11,14H,1,6-10H2,2-4H3,(H,17,22). The van der Waals surface area contributed by atoms with Crippen LogP contribution in [-0.2, 0) is 0 Å². The van der Waals surface area contributed by atoms with Crippen LogP contribution < -0.4 is 10.2 Å². The van der Waals surface area contributed by atoms with E-state index in [1.54, 1.807) is 11.0 Å². The number of hydrogen-bond donors (Lipinski definition) is 1. The molecule has 22 heavy (non-hydrogen) atoms. The normalized spacial score (nSPS) is 15.5. The van der Waals surface area contributed by atoms with Gasteiger partial charge >= 0.3 is 6.03 Å². The minimum atomic E-state index is -0.0351. The molecule has 0 unspecified atom stereocenters. The number of piperidine rings is 1. The van der Waals surface area contributed by atoms with Crippen LogP contribution in [0.15, 0.2) is 18.7 Å². The van der Waals surface area contributed by atoms with Crippen LogP contribution >= 0.6 is 0 Å². The molecule has 0 saturated carbocycles. The van der Waals surface area contributed by atoms with E-state index in [9.17, 15) is 4.79 Å². The van der Waals surface area contributed by atoms with Crippen molar-refractivity contribution in [1.29, 1.82) is 0 Å². The topological polar surface area (TPSA) is 61.4 Å². The monoisotopic (exact) mass is 303 g/mol. The Morgan fingerprint density at radius 1 is 1.45 bits per heavy atom. The largest absolute Gasteiger partial charge is 0.356 e. The van der Waals surface area contributed by atoms with Crippen molar-refractivity contribution in [2.24, 2.45) is 0 Å². The molecule has 1 N–H and O–H groups in total. The van der Waals surface area contributed by atoms with Gasteiger partial charge in [-0.15, -0.1) is 6.58 Å². The lowest BCUT2D eigenvalue weighted by molar-refractivity contribution is 0.181. The summed E-state index contributed by atoms with van der Waals surface area (Å²) in [6.45, 7) is 9.82. The summed E-state index contributed by atoms with van der Waals surface area (Å²) in [6.07, 6.45) is 3.58. The van der Waals surface area contributed by atoms with E-state index in [1.165, 1.54) is 0 Å². The first-order valence-electron chi connectivity index (χ1n) is 7.70. The summed E-state index contributed by atoms with van der Waals surface area (Å²) >= 11 is 0. The molecule has 1 aromatic heterocycles. The van der Waals surface area contributed by atoms with Gasteiger partial charge in [0.1, 0.15) is 11.6 Å². The molecule has 0 spiro atoms. The van der Waals surface area contributed by atoms with Gasteiger partial charge in [0.25, 0.3) is 0 Å². The fraction of sp³-hybridized carbons (Fsp3) is 0.562. The summed E-state index contributed by atoms with van der Waals surface area (Å²) in [4.78, 5) is 24.9. The first-order chi connectivity index (χ1) is 10.5. The summed E-state index contributed by atoms with van der Waals surface area (Å²) in [5, 5.41) is 2.82. The average molecular weight is 303 g/mol. The first kappa shape index (κ1) is 16.3. The van der Waals surface area contributed by atoms with Crippen molar-refractivity contribution >= 4 is 11.8 Å². The van der Waals surface area contributed by atoms with Gasteiger partial charge in [0.2, 0.25) is 0 Å². The second-order valence-corrected chi connectivity index (χ2v) is 5.72. The molecular weight excluding hydrogens is 278 g/mol. The summed E-state index contributed by atoms with van der Waals surface area (Å²) in [7, 11) is 1.86. The molecule has 0 aliphatic carbocycles. The van der Waals surface area contributed by atoms with E-state index < -0.39 is 0 Å². The van der Waals surface area contributed by atoms with Gasteiger partial charge < -0.3 is 15.1 Å². The zero-order valence-corrected chi connectivity index (χ0v) is 13.7. The van der Waals surface area contributed by atoms with E-state index >= 15 is 0 Å². The van der Waals surface area contributed by atoms with E-state index in [0.29, 0.717) is 6.54 Å². The van der Waals surface area contributed by atoms with Gasteiger partial charge in [-0.3, -0.25) is 0 Å². The minimum Gasteiger partial charge on any atom is -0.356 e. The van der Waals surface area contributed by atoms with E-state index in [0.717, 1.165) is 43.3 Å². The van der Waals surface area contributed by atoms with Crippen molar-refractivity contribution in [3.8, 4) is 0 Å². The Bertz CT molecular complexity index is 517. The van der Waals surface area contributed by atoms with Crippen LogP contribution in [-0.4, -0.2) is 53.6 Å². The molecule has 6 nitrogen and oxygen atoms in total. The molecule has 2 heterocycles. The van der Waals surface area contributed by atoms with Crippen LogP contribution in [0.5, 0.6) is 0 Å². The third-order valence-corrected chi connectivity index (χ3v) is 4.01. The first-order valence-corrected chi connectivity index (χ1v) is 7.70. The molecule has 0 atom stereocenters. The summed E-state index contributed by atoms with van der Waals surface area (Å²) in [5.74, 6) is 1.79. The van der Waals surface area contributed by atoms with Gasteiger partial charge in [-0.05, 0) is 26.7 Å². The fourth-order valence-electron chi connectivity index (χ4n) is 2.79. The molecule has 0 aromatic carbocycles. The van der Waals surface area contributed by atoms with Crippen LogP contribution in [0, 0.1) is 13.8 Å². The molecule has 2 amide bonds. The van der Waals surface area contributed by atoms with Crippen molar-refractivity contribution in [3.63, 3.8) is 0 Å². The molecule has 1 aliphatic rings. The summed E-state index contributed by atoms with van der Waals surface area (Å²) in [5.41, 5.74) is 0.991. The van der Waals surface area contributed by atoms with Crippen molar-refractivity contribution in [2.75, 3.05) is 31.6 Å². The highest BCUT2D eigenvalue weighted by atomic mass is 16.2. The smallest absolute Gasteiger partial charge is 0.317 e. The lowest BCUT2D eigenvalue weighted by atomic mass is 10.0. The van der Waals surface area contributed by atoms with Crippen LogP contribution in [0.3, 0.4) is 0 Å². The number of nitrogens with one attached hydrogen (secondary N) is 1. The van der Waals surface area contributed by atoms with Gasteiger partial charge in [-0.2, -0.15) is 0 Å². The van der Waals surface area contributed by atoms with Crippen molar-refractivity contribution < 1.29 is 4.79 Å². The van der Waals surface area contributed by atoms with Gasteiger partial charge in [-0.25, -0.2) is 14.8 Å². The Morgan fingerprint density at radius 3 is 2.73 bits per heavy atom. The lowest BCUT2D eigenvalue weighted by Crippen LogP contribution is -2.49. The average Bonchev–Trinajstić information content (AvgIpc) is 2.51. The van der Waals surface area contributed by atoms with Gasteiger partial charge in [-0.1, -0.05) is 6.08 Å². The lowest BCUT2D eigenvalue weighted by Gasteiger charge is -2.37. The van der Waals surface area contributed by atoms with E-state index in [1.807, 2.05) is 27.0 Å². The van der Waals surface area contributed by atoms with Crippen LogP contribution in [0.4, 0.5) is 10.6 Å². The molecule has 1 aromatic rings. The summed E-state index contributed by atoms with van der Waals surface area (Å²) < 4.78 is 0. The van der Waals surface area contributed by atoms with Gasteiger partial charge in [0.05, 0.1) is 0 Å². The maximum atomic E-state index is 12.0. The van der Waals surface area contributed by atoms with Crippen molar-refractivity contribution in [1.82, 2.24) is 20.2 Å². The zero-order valence-electron chi connectivity index (χ0n) is 13.7. The van der Waals surface area contributed by atoms with E-state index in [2.05, 4.69) is 26.8 Å². The summed E-state index contributed by atoms with van der Waals surface area (Å²) in [6, 6.07) is 2.26. The van der Waals surface area contributed by atoms with Crippen LogP contribution in [0.2, 0.25) is 0 Å². The van der Waals surface area contributed by atoms with Crippen LogP contribution in [0.25, 0.3) is 0 Å². The number of rotatable bonds is 4. The van der Waals surface area contributed by atoms with E-state index in [4.69, 9.17) is 0 Å². The van der Waals surface area contributed by atoms with Crippen LogP contribution in [0.1, 0.15) is 24.4 Å². The number of urea groups is 1. The highest BCUT2D eigenvalue weighted by Gasteiger charge is 2.25. The number of anilines is 1. The molecule has 1 fully saturated rings. The third kappa shape index (κ3) is 3.96. The second-order valence-electron chi connectivity index (χ2n) is 5.72. The molecule has 2 rings (SSSR count). The number of aryl methyl sites for hydroxylation is 2. The maximum absolute atomic E-state index is 12.0. The molecular formula is C16H25N5O. The Labute approximate surface area is 132 Å². The van der Waals surface area contributed by atoms with Gasteiger partial charge in [0, 0.05) is 44.5 Å².